The lowest BCUT2D eigenvalue weighted by Crippen LogP contribution is -2.42. The lowest BCUT2D eigenvalue weighted by molar-refractivity contribution is 0.141. The van der Waals surface area contributed by atoms with Crippen LogP contribution in [-0.4, -0.2) is 32.9 Å². The van der Waals surface area contributed by atoms with Crippen LogP contribution in [0.4, 0.5) is 4.39 Å². The summed E-state index contributed by atoms with van der Waals surface area (Å²) in [5.74, 6) is 1.05. The number of hydrogen-bond acceptors (Lipinski definition) is 4. The van der Waals surface area contributed by atoms with Crippen molar-refractivity contribution in [2.24, 2.45) is 0 Å². The molecule has 0 aromatic carbocycles. The van der Waals surface area contributed by atoms with E-state index in [2.05, 4.69) is 45.8 Å². The van der Waals surface area contributed by atoms with Crippen molar-refractivity contribution in [2.75, 3.05) is 13.1 Å². The van der Waals surface area contributed by atoms with Crippen molar-refractivity contribution in [2.45, 2.75) is 51.0 Å². The van der Waals surface area contributed by atoms with Crippen molar-refractivity contribution < 1.29 is 4.39 Å². The largest absolute Gasteiger partial charge is 0.348 e. The molecule has 3 aromatic heterocycles. The van der Waals surface area contributed by atoms with E-state index >= 15 is 0 Å². The van der Waals surface area contributed by atoms with E-state index < -0.39 is 0 Å². The summed E-state index contributed by atoms with van der Waals surface area (Å²) in [4.78, 5) is 16.1. The monoisotopic (exact) mass is 398 g/mol. The number of hydrogen-bond donors (Lipinski definition) is 1. The summed E-state index contributed by atoms with van der Waals surface area (Å²) in [5, 5.41) is -0.108. The molecular weight excluding hydrogens is 371 g/mol. The third-order valence-electron chi connectivity index (χ3n) is 6.24. The molecule has 1 N–H and O–H groups in total. The molecule has 4 rings (SSSR count). The molecule has 28 heavy (non-hydrogen) atoms. The van der Waals surface area contributed by atoms with Crippen LogP contribution in [0.25, 0.3) is 0 Å². The van der Waals surface area contributed by atoms with Crippen LogP contribution < -0.4 is 0 Å². The van der Waals surface area contributed by atoms with E-state index in [1.807, 2.05) is 31.6 Å². The molecule has 0 unspecified atom stereocenters. The van der Waals surface area contributed by atoms with Crippen molar-refractivity contribution in [3.8, 4) is 0 Å². The third kappa shape index (κ3) is 3.63. The van der Waals surface area contributed by atoms with Gasteiger partial charge in [-0.2, -0.15) is 4.39 Å². The molecule has 148 valence electrons. The second kappa shape index (κ2) is 7.41. The highest BCUT2D eigenvalue weighted by Gasteiger charge is 2.46. The number of H-pyrrole nitrogens is 1. The van der Waals surface area contributed by atoms with Gasteiger partial charge < -0.3 is 4.98 Å². The SMILES string of the molecule is Cc1ccc(C(C)(C)N2CC[C@@](CCc3ccc(F)s3)(c3ncc[nH]3)C2)cn1. The van der Waals surface area contributed by atoms with Crippen molar-refractivity contribution in [1.82, 2.24) is 19.9 Å². The van der Waals surface area contributed by atoms with E-state index in [1.54, 1.807) is 6.07 Å². The van der Waals surface area contributed by atoms with E-state index in [-0.39, 0.29) is 16.1 Å². The Labute approximate surface area is 169 Å². The molecule has 0 bridgehead atoms. The second-order valence-electron chi connectivity index (χ2n) is 8.34. The summed E-state index contributed by atoms with van der Waals surface area (Å²) < 4.78 is 13.4. The van der Waals surface area contributed by atoms with Crippen LogP contribution in [0.3, 0.4) is 0 Å². The van der Waals surface area contributed by atoms with Crippen molar-refractivity contribution in [3.63, 3.8) is 0 Å². The average Bonchev–Trinajstić information content (AvgIpc) is 3.42. The van der Waals surface area contributed by atoms with Gasteiger partial charge in [-0.05, 0) is 63.8 Å². The standard InChI is InChI=1S/C22H27FN4S/c1-16-4-5-17(14-26-16)21(2,3)27-13-10-22(15-27,20-24-11-12-25-20)9-8-18-6-7-19(23)28-18/h4-7,11-12,14H,8-10,13,15H2,1-3H3,(H,24,25)/t22-/m1/s1. The van der Waals surface area contributed by atoms with Crippen LogP contribution in [0.1, 0.15) is 48.6 Å². The molecule has 6 heteroatoms. The first kappa shape index (κ1) is 19.3. The Hall–Kier alpha value is -2.05. The molecule has 0 aliphatic carbocycles. The number of aromatic amines is 1. The van der Waals surface area contributed by atoms with E-state index in [9.17, 15) is 4.39 Å². The zero-order valence-corrected chi connectivity index (χ0v) is 17.5. The van der Waals surface area contributed by atoms with Crippen LogP contribution in [0.2, 0.25) is 0 Å². The minimum absolute atomic E-state index is 0.0423. The number of pyridine rings is 1. The maximum absolute atomic E-state index is 13.4. The highest BCUT2D eigenvalue weighted by molar-refractivity contribution is 7.10. The van der Waals surface area contributed by atoms with Crippen molar-refractivity contribution in [1.29, 1.82) is 0 Å². The number of halogens is 1. The lowest BCUT2D eigenvalue weighted by atomic mass is 9.81. The molecular formula is C22H27FN4S. The van der Waals surface area contributed by atoms with Gasteiger partial charge >= 0.3 is 0 Å². The molecule has 0 saturated carbocycles. The molecule has 1 saturated heterocycles. The van der Waals surface area contributed by atoms with E-state index in [0.717, 1.165) is 48.7 Å². The lowest BCUT2D eigenvalue weighted by Gasteiger charge is -2.37. The highest BCUT2D eigenvalue weighted by atomic mass is 32.1. The normalized spacial score (nSPS) is 20.7. The van der Waals surface area contributed by atoms with E-state index in [4.69, 9.17) is 0 Å². The summed E-state index contributed by atoms with van der Waals surface area (Å²) >= 11 is 1.25. The van der Waals surface area contributed by atoms with Gasteiger partial charge in [0.25, 0.3) is 0 Å². The van der Waals surface area contributed by atoms with Gasteiger partial charge in [0, 0.05) is 53.2 Å². The molecule has 0 radical (unpaired) electrons. The van der Waals surface area contributed by atoms with Crippen LogP contribution in [-0.2, 0) is 17.4 Å². The predicted octanol–water partition coefficient (Wildman–Crippen LogP) is 4.83. The van der Waals surface area contributed by atoms with Gasteiger partial charge in [0.1, 0.15) is 5.82 Å². The summed E-state index contributed by atoms with van der Waals surface area (Å²) in [6.07, 6.45) is 8.60. The van der Waals surface area contributed by atoms with Crippen molar-refractivity contribution >= 4 is 11.3 Å². The smallest absolute Gasteiger partial charge is 0.176 e. The number of aromatic nitrogens is 3. The summed E-state index contributed by atoms with van der Waals surface area (Å²) in [7, 11) is 0. The van der Waals surface area contributed by atoms with Gasteiger partial charge in [-0.3, -0.25) is 9.88 Å². The highest BCUT2D eigenvalue weighted by Crippen LogP contribution is 2.42. The van der Waals surface area contributed by atoms with Crippen LogP contribution in [0.15, 0.2) is 42.9 Å². The number of thiophene rings is 1. The Morgan fingerprint density at radius 2 is 2.11 bits per heavy atom. The van der Waals surface area contributed by atoms with Crippen molar-refractivity contribution in [3.05, 3.63) is 69.9 Å². The van der Waals surface area contributed by atoms with Crippen LogP contribution in [0, 0.1) is 12.1 Å². The Morgan fingerprint density at radius 1 is 1.25 bits per heavy atom. The summed E-state index contributed by atoms with van der Waals surface area (Å²) in [5.41, 5.74) is 2.12. The first-order valence-corrected chi connectivity index (χ1v) is 10.6. The van der Waals surface area contributed by atoms with Gasteiger partial charge in [0.05, 0.1) is 0 Å². The van der Waals surface area contributed by atoms with E-state index in [1.165, 1.54) is 16.9 Å². The quantitative estimate of drug-likeness (QED) is 0.647. The number of aryl methyl sites for hydroxylation is 2. The fraction of sp³-hybridized carbons (Fsp3) is 0.455. The Kier molecular flexibility index (Phi) is 5.10. The maximum Gasteiger partial charge on any atom is 0.176 e. The molecule has 1 atom stereocenters. The number of nitrogens with one attached hydrogen (secondary N) is 1. The molecule has 3 aromatic rings. The van der Waals surface area contributed by atoms with Crippen LogP contribution in [0.5, 0.6) is 0 Å². The first-order chi connectivity index (χ1) is 13.4. The summed E-state index contributed by atoms with van der Waals surface area (Å²) in [6.45, 7) is 8.48. The predicted molar refractivity (Wildman–Crippen MR) is 111 cm³/mol. The molecule has 4 heterocycles. The molecule has 1 aliphatic rings. The Morgan fingerprint density at radius 3 is 2.75 bits per heavy atom. The van der Waals surface area contributed by atoms with Gasteiger partial charge in [0.2, 0.25) is 0 Å². The van der Waals surface area contributed by atoms with Crippen LogP contribution >= 0.6 is 11.3 Å². The van der Waals surface area contributed by atoms with Gasteiger partial charge in [-0.1, -0.05) is 6.07 Å². The topological polar surface area (TPSA) is 44.8 Å². The maximum atomic E-state index is 13.4. The molecule has 4 nitrogen and oxygen atoms in total. The molecule has 1 fully saturated rings. The zero-order chi connectivity index (χ0) is 19.8. The fourth-order valence-electron chi connectivity index (χ4n) is 4.28. The van der Waals surface area contributed by atoms with Gasteiger partial charge in [0.15, 0.2) is 5.13 Å². The average molecular weight is 399 g/mol. The number of nitrogens with zero attached hydrogens (tertiary/aromatic N) is 3. The minimum Gasteiger partial charge on any atom is -0.348 e. The number of rotatable bonds is 6. The van der Waals surface area contributed by atoms with Gasteiger partial charge in [-0.15, -0.1) is 11.3 Å². The molecule has 0 amide bonds. The van der Waals surface area contributed by atoms with Gasteiger partial charge in [-0.25, -0.2) is 4.98 Å². The minimum atomic E-state index is -0.108. The number of likely N-dealkylation sites (tertiary alicyclic amines) is 1. The zero-order valence-electron chi connectivity index (χ0n) is 16.7. The second-order valence-corrected chi connectivity index (χ2v) is 9.46. The Balaban J connectivity index is 1.57. The number of imidazole rings is 1. The third-order valence-corrected chi connectivity index (χ3v) is 7.18. The fourth-order valence-corrected chi connectivity index (χ4v) is 5.01. The molecule has 1 aliphatic heterocycles. The summed E-state index contributed by atoms with van der Waals surface area (Å²) in [6, 6.07) is 7.74. The first-order valence-electron chi connectivity index (χ1n) is 9.81. The Bertz CT molecular complexity index is 916. The molecule has 0 spiro atoms. The van der Waals surface area contributed by atoms with E-state index in [0.29, 0.717) is 0 Å².